The van der Waals surface area contributed by atoms with Crippen LogP contribution in [-0.4, -0.2) is 27.6 Å². The number of fused-ring (bicyclic) bond motifs is 1. The van der Waals surface area contributed by atoms with Crippen LogP contribution in [-0.2, 0) is 11.3 Å². The Kier molecular flexibility index (Phi) is 4.86. The normalized spacial score (nSPS) is 10.8. The summed E-state index contributed by atoms with van der Waals surface area (Å²) in [6.45, 7) is -0.125. The van der Waals surface area contributed by atoms with Gasteiger partial charge in [-0.05, 0) is 18.2 Å². The lowest BCUT2D eigenvalue weighted by Crippen LogP contribution is -2.27. The maximum absolute atomic E-state index is 12.4. The molecular formula is C20H16N4O3S. The van der Waals surface area contributed by atoms with Crippen molar-refractivity contribution in [2.75, 3.05) is 12.4 Å². The third kappa shape index (κ3) is 3.77. The molecule has 0 aliphatic rings. The van der Waals surface area contributed by atoms with Gasteiger partial charge in [-0.25, -0.2) is 9.97 Å². The highest BCUT2D eigenvalue weighted by molar-refractivity contribution is 7.22. The highest BCUT2D eigenvalue weighted by Gasteiger charge is 2.11. The molecular weight excluding hydrogens is 376 g/mol. The molecule has 2 aromatic carbocycles. The van der Waals surface area contributed by atoms with Gasteiger partial charge in [0, 0.05) is 11.8 Å². The summed E-state index contributed by atoms with van der Waals surface area (Å²) in [5.41, 5.74) is 1.93. The smallest absolute Gasteiger partial charge is 0.269 e. The Labute approximate surface area is 164 Å². The van der Waals surface area contributed by atoms with E-state index in [4.69, 9.17) is 4.74 Å². The monoisotopic (exact) mass is 392 g/mol. The largest absolute Gasteiger partial charge is 0.497 e. The van der Waals surface area contributed by atoms with Gasteiger partial charge in [-0.2, -0.15) is 0 Å². The quantitative estimate of drug-likeness (QED) is 0.564. The van der Waals surface area contributed by atoms with Crippen molar-refractivity contribution in [3.8, 4) is 17.0 Å². The fourth-order valence-electron chi connectivity index (χ4n) is 2.72. The van der Waals surface area contributed by atoms with Crippen LogP contribution >= 0.6 is 11.3 Å². The molecule has 8 heteroatoms. The van der Waals surface area contributed by atoms with E-state index < -0.39 is 0 Å². The zero-order valence-electron chi connectivity index (χ0n) is 15.0. The van der Waals surface area contributed by atoms with Crippen molar-refractivity contribution < 1.29 is 9.53 Å². The van der Waals surface area contributed by atoms with E-state index in [2.05, 4.69) is 15.3 Å². The molecule has 2 heterocycles. The van der Waals surface area contributed by atoms with Gasteiger partial charge >= 0.3 is 0 Å². The summed E-state index contributed by atoms with van der Waals surface area (Å²) in [5, 5.41) is 3.22. The number of nitrogens with zero attached hydrogens (tertiary/aromatic N) is 3. The third-order valence-electron chi connectivity index (χ3n) is 4.10. The van der Waals surface area contributed by atoms with Crippen molar-refractivity contribution in [1.29, 1.82) is 0 Å². The molecule has 4 aromatic rings. The number of methoxy groups -OCH3 is 1. The van der Waals surface area contributed by atoms with Crippen molar-refractivity contribution in [3.05, 3.63) is 71.3 Å². The predicted octanol–water partition coefficient (Wildman–Crippen LogP) is 3.17. The molecule has 0 aliphatic carbocycles. The maximum Gasteiger partial charge on any atom is 0.269 e. The van der Waals surface area contributed by atoms with Crippen LogP contribution in [0.25, 0.3) is 21.5 Å². The van der Waals surface area contributed by atoms with Crippen molar-refractivity contribution >= 4 is 32.6 Å². The van der Waals surface area contributed by atoms with Crippen LogP contribution in [0.4, 0.5) is 5.13 Å². The average molecular weight is 392 g/mol. The minimum atomic E-state index is -0.344. The summed E-state index contributed by atoms with van der Waals surface area (Å²) in [7, 11) is 1.60. The molecule has 2 aromatic heterocycles. The van der Waals surface area contributed by atoms with Crippen LogP contribution in [0.2, 0.25) is 0 Å². The zero-order valence-corrected chi connectivity index (χ0v) is 15.8. The summed E-state index contributed by atoms with van der Waals surface area (Å²) in [6.07, 6.45) is 2.81. The Morgan fingerprint density at radius 2 is 2.04 bits per heavy atom. The van der Waals surface area contributed by atoms with E-state index in [1.165, 1.54) is 22.1 Å². The van der Waals surface area contributed by atoms with Crippen LogP contribution in [0, 0.1) is 0 Å². The Morgan fingerprint density at radius 1 is 1.21 bits per heavy atom. The molecule has 7 nitrogen and oxygen atoms in total. The minimum absolute atomic E-state index is 0.125. The number of carbonyl (C=O) groups excluding carboxylic acids is 1. The summed E-state index contributed by atoms with van der Waals surface area (Å²) in [4.78, 5) is 33.1. The Morgan fingerprint density at radius 3 is 2.82 bits per heavy atom. The number of rotatable bonds is 5. The van der Waals surface area contributed by atoms with Gasteiger partial charge in [0.15, 0.2) is 5.13 Å². The number of hydrogen-bond acceptors (Lipinski definition) is 6. The molecule has 1 amide bonds. The van der Waals surface area contributed by atoms with E-state index >= 15 is 0 Å². The molecule has 0 bridgehead atoms. The zero-order chi connectivity index (χ0) is 19.5. The molecule has 0 saturated heterocycles. The van der Waals surface area contributed by atoms with E-state index in [9.17, 15) is 9.59 Å². The third-order valence-corrected chi connectivity index (χ3v) is 5.03. The van der Waals surface area contributed by atoms with E-state index in [0.717, 1.165) is 21.5 Å². The molecule has 0 saturated carbocycles. The summed E-state index contributed by atoms with van der Waals surface area (Å²) < 4.78 is 7.44. The van der Waals surface area contributed by atoms with E-state index in [1.54, 1.807) is 13.3 Å². The minimum Gasteiger partial charge on any atom is -0.497 e. The molecule has 0 fully saturated rings. The number of carbonyl (C=O) groups is 1. The topological polar surface area (TPSA) is 86.1 Å². The molecule has 0 aliphatic heterocycles. The second kappa shape index (κ2) is 7.61. The Hall–Kier alpha value is -3.52. The molecule has 0 spiro atoms. The molecule has 1 N–H and O–H groups in total. The van der Waals surface area contributed by atoms with Crippen molar-refractivity contribution in [3.63, 3.8) is 0 Å². The first-order chi connectivity index (χ1) is 13.6. The van der Waals surface area contributed by atoms with Gasteiger partial charge in [0.05, 0.1) is 29.2 Å². The number of hydrogen-bond donors (Lipinski definition) is 1. The second-order valence-corrected chi connectivity index (χ2v) is 7.04. The van der Waals surface area contributed by atoms with Crippen molar-refractivity contribution in [2.24, 2.45) is 0 Å². The number of aromatic nitrogens is 3. The van der Waals surface area contributed by atoms with Crippen LogP contribution < -0.4 is 15.6 Å². The second-order valence-electron chi connectivity index (χ2n) is 6.01. The highest BCUT2D eigenvalue weighted by Crippen LogP contribution is 2.29. The lowest BCUT2D eigenvalue weighted by atomic mass is 10.2. The molecule has 28 heavy (non-hydrogen) atoms. The summed E-state index contributed by atoms with van der Waals surface area (Å²) in [5.74, 6) is 0.393. The number of nitrogens with one attached hydrogen (secondary N) is 1. The standard InChI is InChI=1S/C20H16N4O3S/c1-27-14-7-8-15-17(9-14)28-20(22-15)23-18(25)12-24-11-16(21-10-19(24)26)13-5-3-2-4-6-13/h2-11H,12H2,1H3,(H,22,23,25). The van der Waals surface area contributed by atoms with E-state index in [0.29, 0.717) is 10.8 Å². The summed E-state index contributed by atoms with van der Waals surface area (Å²) in [6, 6.07) is 15.0. The van der Waals surface area contributed by atoms with Gasteiger partial charge < -0.3 is 14.6 Å². The van der Waals surface area contributed by atoms with Crippen LogP contribution in [0.5, 0.6) is 5.75 Å². The van der Waals surface area contributed by atoms with Crippen LogP contribution in [0.1, 0.15) is 0 Å². The van der Waals surface area contributed by atoms with Crippen LogP contribution in [0.3, 0.4) is 0 Å². The van der Waals surface area contributed by atoms with Crippen molar-refractivity contribution in [2.45, 2.75) is 6.54 Å². The SMILES string of the molecule is COc1ccc2nc(NC(=O)Cn3cc(-c4ccccc4)ncc3=O)sc2c1. The first kappa shape index (κ1) is 17.9. The van der Waals surface area contributed by atoms with Gasteiger partial charge in [-0.15, -0.1) is 0 Å². The number of ether oxygens (including phenoxy) is 1. The molecule has 0 radical (unpaired) electrons. The number of anilines is 1. The molecule has 0 unspecified atom stereocenters. The van der Waals surface area contributed by atoms with Gasteiger partial charge in [0.25, 0.3) is 5.56 Å². The summed E-state index contributed by atoms with van der Waals surface area (Å²) >= 11 is 1.35. The van der Waals surface area contributed by atoms with Crippen molar-refractivity contribution in [1.82, 2.24) is 14.5 Å². The van der Waals surface area contributed by atoms with Gasteiger partial charge in [-0.3, -0.25) is 9.59 Å². The number of thiazole rings is 1. The molecule has 140 valence electrons. The van der Waals surface area contributed by atoms with Crippen LogP contribution in [0.15, 0.2) is 65.7 Å². The highest BCUT2D eigenvalue weighted by atomic mass is 32.1. The fourth-order valence-corrected chi connectivity index (χ4v) is 3.63. The Bertz CT molecular complexity index is 1200. The first-order valence-corrected chi connectivity index (χ1v) is 9.30. The Balaban J connectivity index is 1.53. The predicted molar refractivity (Wildman–Crippen MR) is 109 cm³/mol. The molecule has 0 atom stereocenters. The first-order valence-electron chi connectivity index (χ1n) is 8.49. The average Bonchev–Trinajstić information content (AvgIpc) is 3.11. The van der Waals surface area contributed by atoms with E-state index in [-0.39, 0.29) is 18.0 Å². The van der Waals surface area contributed by atoms with Gasteiger partial charge in [0.1, 0.15) is 12.3 Å². The van der Waals surface area contributed by atoms with E-state index in [1.807, 2.05) is 48.5 Å². The maximum atomic E-state index is 12.4. The van der Waals surface area contributed by atoms with Gasteiger partial charge in [-0.1, -0.05) is 41.7 Å². The fraction of sp³-hybridized carbons (Fsp3) is 0.100. The number of amides is 1. The van der Waals surface area contributed by atoms with Gasteiger partial charge in [0.2, 0.25) is 5.91 Å². The lowest BCUT2D eigenvalue weighted by molar-refractivity contribution is -0.116. The number of benzene rings is 2. The molecule has 4 rings (SSSR count). The lowest BCUT2D eigenvalue weighted by Gasteiger charge is -2.07.